The molecular weight excluding hydrogens is 182 g/mol. The fourth-order valence-corrected chi connectivity index (χ4v) is 1.23. The van der Waals surface area contributed by atoms with Crippen LogP contribution in [-0.2, 0) is 4.79 Å². The molecule has 0 aliphatic rings. The topological polar surface area (TPSA) is 51.8 Å². The Hall–Kier alpha value is -2.06. The smallest absolute Gasteiger partial charge is 0.243 e. The second-order valence-corrected chi connectivity index (χ2v) is 2.69. The number of hydrogen-bond acceptors (Lipinski definition) is 4. The SMILES string of the molecule is COc1ccc2oc(N=C=O)cc2c1. The highest BCUT2D eigenvalue weighted by atomic mass is 16.5. The third-order valence-corrected chi connectivity index (χ3v) is 1.87. The molecule has 0 aliphatic heterocycles. The Balaban J connectivity index is 2.59. The molecule has 0 radical (unpaired) electrons. The molecular formula is C10H7NO3. The highest BCUT2D eigenvalue weighted by Gasteiger charge is 2.03. The van der Waals surface area contributed by atoms with Crippen molar-refractivity contribution in [3.05, 3.63) is 24.3 Å². The van der Waals surface area contributed by atoms with Crippen LogP contribution in [0.5, 0.6) is 5.75 Å². The minimum atomic E-state index is 0.253. The summed E-state index contributed by atoms with van der Waals surface area (Å²) in [5.41, 5.74) is 0.666. The molecule has 0 unspecified atom stereocenters. The maximum Gasteiger partial charge on any atom is 0.243 e. The molecule has 0 amide bonds. The van der Waals surface area contributed by atoms with Gasteiger partial charge in [0.1, 0.15) is 11.3 Å². The average molecular weight is 189 g/mol. The third kappa shape index (κ3) is 1.39. The van der Waals surface area contributed by atoms with E-state index >= 15 is 0 Å². The minimum Gasteiger partial charge on any atom is -0.497 e. The van der Waals surface area contributed by atoms with Crippen molar-refractivity contribution < 1.29 is 13.9 Å². The largest absolute Gasteiger partial charge is 0.497 e. The Morgan fingerprint density at radius 3 is 3.00 bits per heavy atom. The van der Waals surface area contributed by atoms with Crippen molar-refractivity contribution in [2.24, 2.45) is 4.99 Å². The van der Waals surface area contributed by atoms with Gasteiger partial charge in [-0.3, -0.25) is 0 Å². The number of carbonyl (C=O) groups excluding carboxylic acids is 1. The number of aliphatic imine (C=N–C) groups is 1. The van der Waals surface area contributed by atoms with E-state index in [1.165, 1.54) is 6.08 Å². The lowest BCUT2D eigenvalue weighted by Crippen LogP contribution is -1.79. The summed E-state index contributed by atoms with van der Waals surface area (Å²) in [5.74, 6) is 0.989. The van der Waals surface area contributed by atoms with E-state index in [0.717, 1.165) is 11.1 Å². The average Bonchev–Trinajstić information content (AvgIpc) is 2.59. The molecule has 70 valence electrons. The second kappa shape index (κ2) is 3.36. The summed E-state index contributed by atoms with van der Waals surface area (Å²) in [6.07, 6.45) is 1.42. The van der Waals surface area contributed by atoms with E-state index in [1.807, 2.05) is 6.07 Å². The van der Waals surface area contributed by atoms with Gasteiger partial charge in [0.15, 0.2) is 0 Å². The van der Waals surface area contributed by atoms with Gasteiger partial charge in [0, 0.05) is 11.5 Å². The van der Waals surface area contributed by atoms with Gasteiger partial charge < -0.3 is 9.15 Å². The van der Waals surface area contributed by atoms with Crippen molar-refractivity contribution in [1.29, 1.82) is 0 Å². The van der Waals surface area contributed by atoms with Gasteiger partial charge >= 0.3 is 0 Å². The molecule has 1 aromatic heterocycles. The summed E-state index contributed by atoms with van der Waals surface area (Å²) < 4.78 is 10.3. The van der Waals surface area contributed by atoms with E-state index < -0.39 is 0 Å². The van der Waals surface area contributed by atoms with Crippen molar-refractivity contribution in [2.45, 2.75) is 0 Å². The number of ether oxygens (including phenoxy) is 1. The van der Waals surface area contributed by atoms with Gasteiger partial charge in [-0.25, -0.2) is 4.79 Å². The molecule has 0 aliphatic carbocycles. The number of fused-ring (bicyclic) bond motifs is 1. The lowest BCUT2D eigenvalue weighted by atomic mass is 10.2. The standard InChI is InChI=1S/C10H7NO3/c1-13-8-2-3-9-7(4-8)5-10(14-9)11-6-12/h2-5H,1H3. The van der Waals surface area contributed by atoms with Gasteiger partial charge in [0.2, 0.25) is 12.0 Å². The van der Waals surface area contributed by atoms with Crippen molar-refractivity contribution >= 4 is 22.9 Å². The van der Waals surface area contributed by atoms with Crippen LogP contribution in [0.2, 0.25) is 0 Å². The molecule has 2 aromatic rings. The molecule has 0 fully saturated rings. The first-order chi connectivity index (χ1) is 6.83. The van der Waals surface area contributed by atoms with Crippen LogP contribution in [-0.4, -0.2) is 13.2 Å². The zero-order valence-corrected chi connectivity index (χ0v) is 7.48. The fourth-order valence-electron chi connectivity index (χ4n) is 1.23. The Morgan fingerprint density at radius 2 is 2.29 bits per heavy atom. The molecule has 0 saturated carbocycles. The van der Waals surface area contributed by atoms with Crippen LogP contribution in [0.3, 0.4) is 0 Å². The zero-order chi connectivity index (χ0) is 9.97. The Kier molecular flexibility index (Phi) is 2.05. The number of nitrogens with zero attached hydrogens (tertiary/aromatic N) is 1. The van der Waals surface area contributed by atoms with E-state index in [1.54, 1.807) is 25.3 Å². The van der Waals surface area contributed by atoms with Crippen LogP contribution < -0.4 is 4.74 Å². The molecule has 0 N–H and O–H groups in total. The van der Waals surface area contributed by atoms with E-state index in [4.69, 9.17) is 9.15 Å². The summed E-state index contributed by atoms with van der Waals surface area (Å²) in [4.78, 5) is 13.4. The first-order valence-electron chi connectivity index (χ1n) is 3.99. The summed E-state index contributed by atoms with van der Waals surface area (Å²) in [6.45, 7) is 0. The number of benzene rings is 1. The first-order valence-corrected chi connectivity index (χ1v) is 3.99. The molecule has 1 aromatic carbocycles. The summed E-state index contributed by atoms with van der Waals surface area (Å²) >= 11 is 0. The van der Waals surface area contributed by atoms with Gasteiger partial charge in [0.25, 0.3) is 0 Å². The molecule has 4 heteroatoms. The van der Waals surface area contributed by atoms with E-state index in [0.29, 0.717) is 5.58 Å². The van der Waals surface area contributed by atoms with Crippen LogP contribution in [0.15, 0.2) is 33.7 Å². The maximum atomic E-state index is 10.00. The van der Waals surface area contributed by atoms with Gasteiger partial charge in [-0.15, -0.1) is 4.99 Å². The molecule has 0 atom stereocenters. The number of rotatable bonds is 2. The zero-order valence-electron chi connectivity index (χ0n) is 7.48. The van der Waals surface area contributed by atoms with Crippen LogP contribution >= 0.6 is 0 Å². The van der Waals surface area contributed by atoms with Crippen molar-refractivity contribution in [3.8, 4) is 5.75 Å². The van der Waals surface area contributed by atoms with Crippen LogP contribution in [0.25, 0.3) is 11.0 Å². The third-order valence-electron chi connectivity index (χ3n) is 1.87. The van der Waals surface area contributed by atoms with Gasteiger partial charge in [-0.2, -0.15) is 0 Å². The number of isocyanates is 1. The minimum absolute atomic E-state index is 0.253. The van der Waals surface area contributed by atoms with Crippen molar-refractivity contribution in [2.75, 3.05) is 7.11 Å². The number of furan rings is 1. The van der Waals surface area contributed by atoms with Crippen LogP contribution in [0, 0.1) is 0 Å². The van der Waals surface area contributed by atoms with E-state index in [-0.39, 0.29) is 5.88 Å². The Morgan fingerprint density at radius 1 is 1.43 bits per heavy atom. The predicted octanol–water partition coefficient (Wildman–Crippen LogP) is 2.41. The quantitative estimate of drug-likeness (QED) is 0.538. The molecule has 1 heterocycles. The van der Waals surface area contributed by atoms with Gasteiger partial charge in [-0.1, -0.05) is 0 Å². The maximum absolute atomic E-state index is 10.00. The van der Waals surface area contributed by atoms with Gasteiger partial charge in [0.05, 0.1) is 7.11 Å². The van der Waals surface area contributed by atoms with E-state index in [9.17, 15) is 4.79 Å². The normalized spacial score (nSPS) is 9.79. The molecule has 0 saturated heterocycles. The Labute approximate surface area is 79.8 Å². The first kappa shape index (κ1) is 8.53. The molecule has 4 nitrogen and oxygen atoms in total. The monoisotopic (exact) mass is 189 g/mol. The molecule has 14 heavy (non-hydrogen) atoms. The number of methoxy groups -OCH3 is 1. The van der Waals surface area contributed by atoms with Crippen molar-refractivity contribution in [1.82, 2.24) is 0 Å². The van der Waals surface area contributed by atoms with E-state index in [2.05, 4.69) is 4.99 Å². The predicted molar refractivity (Wildman–Crippen MR) is 50.5 cm³/mol. The second-order valence-electron chi connectivity index (χ2n) is 2.69. The highest BCUT2D eigenvalue weighted by molar-refractivity contribution is 5.82. The summed E-state index contributed by atoms with van der Waals surface area (Å²) in [5, 5.41) is 0.846. The number of hydrogen-bond donors (Lipinski definition) is 0. The summed E-state index contributed by atoms with van der Waals surface area (Å²) in [7, 11) is 1.59. The van der Waals surface area contributed by atoms with Crippen molar-refractivity contribution in [3.63, 3.8) is 0 Å². The fraction of sp³-hybridized carbons (Fsp3) is 0.100. The summed E-state index contributed by atoms with van der Waals surface area (Å²) in [6, 6.07) is 7.00. The highest BCUT2D eigenvalue weighted by Crippen LogP contribution is 2.27. The lowest BCUT2D eigenvalue weighted by Gasteiger charge is -1.96. The van der Waals surface area contributed by atoms with Gasteiger partial charge in [-0.05, 0) is 18.2 Å². The Bertz CT molecular complexity index is 509. The molecule has 2 rings (SSSR count). The lowest BCUT2D eigenvalue weighted by molar-refractivity contribution is 0.415. The van der Waals surface area contributed by atoms with Crippen LogP contribution in [0.4, 0.5) is 5.88 Å². The molecule has 0 bridgehead atoms. The van der Waals surface area contributed by atoms with Crippen LogP contribution in [0.1, 0.15) is 0 Å². The molecule has 0 spiro atoms.